The van der Waals surface area contributed by atoms with Gasteiger partial charge < -0.3 is 5.11 Å². The van der Waals surface area contributed by atoms with Crippen molar-refractivity contribution in [2.75, 3.05) is 0 Å². The van der Waals surface area contributed by atoms with Gasteiger partial charge in [-0.25, -0.2) is 14.4 Å². The van der Waals surface area contributed by atoms with Crippen LogP contribution in [0.3, 0.4) is 0 Å². The van der Waals surface area contributed by atoms with Gasteiger partial charge in [0, 0.05) is 23.5 Å². The standard InChI is InChI=1S/C19H11ClF2N4O/c1-10-6-11(4-5-24-10)18-19(27)13(8-17(22)26-18)16(9-23)25-12-2-3-15(21)14(20)7-12/h2-8,27H,1H3/b25-16+. The molecule has 0 spiro atoms. The molecule has 134 valence electrons. The van der Waals surface area contributed by atoms with Crippen LogP contribution in [-0.2, 0) is 0 Å². The molecule has 0 aliphatic heterocycles. The number of nitriles is 1. The maximum absolute atomic E-state index is 14.1. The molecule has 27 heavy (non-hydrogen) atoms. The number of hydrogen-bond acceptors (Lipinski definition) is 5. The molecule has 5 nitrogen and oxygen atoms in total. The molecule has 0 saturated carbocycles. The van der Waals surface area contributed by atoms with Crippen LogP contribution < -0.4 is 0 Å². The van der Waals surface area contributed by atoms with E-state index in [1.165, 1.54) is 18.3 Å². The van der Waals surface area contributed by atoms with Gasteiger partial charge in [-0.05, 0) is 37.3 Å². The van der Waals surface area contributed by atoms with E-state index in [2.05, 4.69) is 15.0 Å². The summed E-state index contributed by atoms with van der Waals surface area (Å²) in [4.78, 5) is 11.8. The number of rotatable bonds is 3. The van der Waals surface area contributed by atoms with Gasteiger partial charge in [0.25, 0.3) is 0 Å². The van der Waals surface area contributed by atoms with Gasteiger partial charge in [0.15, 0.2) is 11.5 Å². The number of aromatic hydroxyl groups is 1. The van der Waals surface area contributed by atoms with Gasteiger partial charge >= 0.3 is 0 Å². The first kappa shape index (κ1) is 18.4. The fourth-order valence-electron chi connectivity index (χ4n) is 2.41. The van der Waals surface area contributed by atoms with Gasteiger partial charge in [0.05, 0.1) is 16.3 Å². The van der Waals surface area contributed by atoms with Crippen LogP contribution in [-0.4, -0.2) is 20.8 Å². The Bertz CT molecular complexity index is 1110. The molecule has 0 aliphatic rings. The number of aryl methyl sites for hydroxylation is 1. The summed E-state index contributed by atoms with van der Waals surface area (Å²) in [7, 11) is 0. The van der Waals surface area contributed by atoms with E-state index < -0.39 is 17.5 Å². The van der Waals surface area contributed by atoms with Crippen molar-refractivity contribution < 1.29 is 13.9 Å². The summed E-state index contributed by atoms with van der Waals surface area (Å²) < 4.78 is 27.4. The van der Waals surface area contributed by atoms with Crippen molar-refractivity contribution in [3.8, 4) is 23.1 Å². The predicted molar refractivity (Wildman–Crippen MR) is 97.0 cm³/mol. The van der Waals surface area contributed by atoms with Crippen LogP contribution in [0, 0.1) is 30.0 Å². The highest BCUT2D eigenvalue weighted by Gasteiger charge is 2.18. The van der Waals surface area contributed by atoms with Gasteiger partial charge in [-0.15, -0.1) is 0 Å². The van der Waals surface area contributed by atoms with Crippen LogP contribution in [0.15, 0.2) is 47.6 Å². The number of pyridine rings is 2. The van der Waals surface area contributed by atoms with Crippen LogP contribution in [0.1, 0.15) is 11.3 Å². The van der Waals surface area contributed by atoms with E-state index in [0.29, 0.717) is 11.3 Å². The molecule has 8 heteroatoms. The molecular formula is C19H11ClF2N4O. The number of benzene rings is 1. The van der Waals surface area contributed by atoms with Gasteiger partial charge in [-0.3, -0.25) is 4.98 Å². The summed E-state index contributed by atoms with van der Waals surface area (Å²) in [6.07, 6.45) is 1.50. The zero-order valence-corrected chi connectivity index (χ0v) is 14.7. The minimum Gasteiger partial charge on any atom is -0.505 e. The fraction of sp³-hybridized carbons (Fsp3) is 0.0526. The summed E-state index contributed by atoms with van der Waals surface area (Å²) in [5, 5.41) is 19.8. The Morgan fingerprint density at radius 1 is 1.22 bits per heavy atom. The summed E-state index contributed by atoms with van der Waals surface area (Å²) in [6.45, 7) is 1.74. The monoisotopic (exact) mass is 384 g/mol. The number of nitrogens with zero attached hydrogens (tertiary/aromatic N) is 4. The Morgan fingerprint density at radius 3 is 2.67 bits per heavy atom. The maximum Gasteiger partial charge on any atom is 0.214 e. The summed E-state index contributed by atoms with van der Waals surface area (Å²) in [6, 6.07) is 9.50. The van der Waals surface area contributed by atoms with Crippen LogP contribution >= 0.6 is 11.6 Å². The summed E-state index contributed by atoms with van der Waals surface area (Å²) in [5.74, 6) is -1.94. The van der Waals surface area contributed by atoms with Crippen molar-refractivity contribution in [1.29, 1.82) is 5.26 Å². The second-order valence-corrected chi connectivity index (χ2v) is 5.95. The SMILES string of the molecule is Cc1cc(-c2nc(F)cc(/C(C#N)=N/c3ccc(F)c(Cl)c3)c2O)ccn1. The molecule has 0 radical (unpaired) electrons. The maximum atomic E-state index is 14.1. The Morgan fingerprint density at radius 2 is 2.00 bits per heavy atom. The zero-order chi connectivity index (χ0) is 19.6. The van der Waals surface area contributed by atoms with E-state index in [1.54, 1.807) is 25.1 Å². The Labute approximate surface area is 158 Å². The second-order valence-electron chi connectivity index (χ2n) is 5.55. The Hall–Kier alpha value is -3.37. The minimum atomic E-state index is -0.896. The molecule has 1 aromatic carbocycles. The highest BCUT2D eigenvalue weighted by Crippen LogP contribution is 2.32. The van der Waals surface area contributed by atoms with Gasteiger partial charge in [-0.2, -0.15) is 9.65 Å². The number of aliphatic imine (C=N–C) groups is 1. The molecule has 0 bridgehead atoms. The first-order chi connectivity index (χ1) is 12.9. The lowest BCUT2D eigenvalue weighted by molar-refractivity contribution is 0.468. The highest BCUT2D eigenvalue weighted by molar-refractivity contribution is 6.31. The number of hydrogen-bond donors (Lipinski definition) is 1. The minimum absolute atomic E-state index is 0.0458. The smallest absolute Gasteiger partial charge is 0.214 e. The molecule has 1 N–H and O–H groups in total. The lowest BCUT2D eigenvalue weighted by atomic mass is 10.0. The molecule has 0 aliphatic carbocycles. The average molecular weight is 385 g/mol. The lowest BCUT2D eigenvalue weighted by Crippen LogP contribution is -2.02. The van der Waals surface area contributed by atoms with Crippen molar-refractivity contribution >= 4 is 23.0 Å². The van der Waals surface area contributed by atoms with Crippen molar-refractivity contribution in [3.05, 3.63) is 70.6 Å². The van der Waals surface area contributed by atoms with E-state index in [0.717, 1.165) is 12.1 Å². The van der Waals surface area contributed by atoms with Crippen LogP contribution in [0.4, 0.5) is 14.5 Å². The Kier molecular flexibility index (Phi) is 5.10. The predicted octanol–water partition coefficient (Wildman–Crippen LogP) is 4.73. The van der Waals surface area contributed by atoms with E-state index >= 15 is 0 Å². The lowest BCUT2D eigenvalue weighted by Gasteiger charge is -2.09. The molecular weight excluding hydrogens is 374 g/mol. The highest BCUT2D eigenvalue weighted by atomic mass is 35.5. The Balaban J connectivity index is 2.16. The number of aromatic nitrogens is 2. The van der Waals surface area contributed by atoms with Crippen molar-refractivity contribution in [2.24, 2.45) is 4.99 Å². The van der Waals surface area contributed by atoms with Crippen molar-refractivity contribution in [3.63, 3.8) is 0 Å². The van der Waals surface area contributed by atoms with Gasteiger partial charge in [0.1, 0.15) is 17.6 Å². The second kappa shape index (κ2) is 7.48. The molecule has 0 fully saturated rings. The van der Waals surface area contributed by atoms with Crippen LogP contribution in [0.2, 0.25) is 5.02 Å². The molecule has 0 saturated heterocycles. The third kappa shape index (κ3) is 3.91. The van der Waals surface area contributed by atoms with Crippen molar-refractivity contribution in [2.45, 2.75) is 6.92 Å². The molecule has 2 heterocycles. The van der Waals surface area contributed by atoms with E-state index in [9.17, 15) is 19.1 Å². The molecule has 0 unspecified atom stereocenters. The third-order valence-electron chi connectivity index (χ3n) is 3.64. The third-order valence-corrected chi connectivity index (χ3v) is 3.93. The largest absolute Gasteiger partial charge is 0.505 e. The van der Waals surface area contributed by atoms with Crippen LogP contribution in [0.25, 0.3) is 11.3 Å². The molecule has 3 aromatic rings. The molecule has 2 aromatic heterocycles. The van der Waals surface area contributed by atoms with Gasteiger partial charge in [-0.1, -0.05) is 11.6 Å². The topological polar surface area (TPSA) is 82.2 Å². The van der Waals surface area contributed by atoms with Crippen LogP contribution in [0.5, 0.6) is 5.75 Å². The molecule has 3 rings (SSSR count). The van der Waals surface area contributed by atoms with Crippen molar-refractivity contribution in [1.82, 2.24) is 9.97 Å². The first-order valence-corrected chi connectivity index (χ1v) is 8.03. The van der Waals surface area contributed by atoms with E-state index in [4.69, 9.17) is 11.6 Å². The molecule has 0 amide bonds. The summed E-state index contributed by atoms with van der Waals surface area (Å²) >= 11 is 5.71. The van der Waals surface area contributed by atoms with E-state index in [1.807, 2.05) is 0 Å². The average Bonchev–Trinajstić information content (AvgIpc) is 2.64. The first-order valence-electron chi connectivity index (χ1n) is 7.66. The normalized spacial score (nSPS) is 11.3. The molecule has 0 atom stereocenters. The fourth-order valence-corrected chi connectivity index (χ4v) is 2.59. The summed E-state index contributed by atoms with van der Waals surface area (Å²) in [5.41, 5.74) is 0.794. The zero-order valence-electron chi connectivity index (χ0n) is 13.9. The van der Waals surface area contributed by atoms with Gasteiger partial charge in [0.2, 0.25) is 5.95 Å². The van der Waals surface area contributed by atoms with E-state index in [-0.39, 0.29) is 27.7 Å². The number of halogens is 3. The quantitative estimate of drug-likeness (QED) is 0.522.